The van der Waals surface area contributed by atoms with Gasteiger partial charge < -0.3 is 0 Å². The van der Waals surface area contributed by atoms with Crippen molar-refractivity contribution < 1.29 is 4.57 Å². The zero-order chi connectivity index (χ0) is 11.0. The first kappa shape index (κ1) is 10.0. The predicted molar refractivity (Wildman–Crippen MR) is 61.8 cm³/mol. The van der Waals surface area contributed by atoms with E-state index in [1.165, 1.54) is 11.1 Å². The van der Waals surface area contributed by atoms with Crippen molar-refractivity contribution in [1.82, 2.24) is 4.57 Å². The lowest BCUT2D eigenvalue weighted by atomic mass is 10.1. The van der Waals surface area contributed by atoms with E-state index in [4.69, 9.17) is 7.85 Å². The molecule has 0 aliphatic carbocycles. The first-order valence-electron chi connectivity index (χ1n) is 4.99. The Morgan fingerprint density at radius 1 is 1.27 bits per heavy atom. The average molecular weight is 197 g/mol. The highest BCUT2D eigenvalue weighted by Gasteiger charge is 2.12. The third-order valence-electron chi connectivity index (χ3n) is 2.67. The van der Waals surface area contributed by atoms with Crippen molar-refractivity contribution in [2.24, 2.45) is 7.05 Å². The quantitative estimate of drug-likeness (QED) is 0.470. The van der Waals surface area contributed by atoms with Crippen LogP contribution < -0.4 is 10.3 Å². The van der Waals surface area contributed by atoms with Gasteiger partial charge in [0.15, 0.2) is 5.72 Å². The monoisotopic (exact) mass is 197 g/mol. The van der Waals surface area contributed by atoms with Crippen LogP contribution in [0, 0.1) is 13.8 Å². The van der Waals surface area contributed by atoms with Crippen LogP contribution in [0.25, 0.3) is 5.69 Å². The van der Waals surface area contributed by atoms with Crippen molar-refractivity contribution in [1.29, 1.82) is 0 Å². The van der Waals surface area contributed by atoms with E-state index in [1.54, 1.807) is 0 Å². The lowest BCUT2D eigenvalue weighted by Crippen LogP contribution is -2.46. The zero-order valence-corrected chi connectivity index (χ0v) is 9.36. The first-order valence-corrected chi connectivity index (χ1v) is 4.99. The van der Waals surface area contributed by atoms with Crippen molar-refractivity contribution in [2.75, 3.05) is 0 Å². The van der Waals surface area contributed by atoms with Gasteiger partial charge in [-0.25, -0.2) is 9.13 Å². The van der Waals surface area contributed by atoms with Crippen LogP contribution in [0.1, 0.15) is 11.1 Å². The number of hydrogen-bond acceptors (Lipinski definition) is 0. The van der Waals surface area contributed by atoms with Crippen molar-refractivity contribution in [3.8, 4) is 5.69 Å². The molecule has 0 amide bonds. The SMILES string of the molecule is [B]c1n(-c2cc(C)ccc2C)cc[n+]1C. The number of benzene rings is 1. The molecule has 0 spiro atoms. The van der Waals surface area contributed by atoms with E-state index in [-0.39, 0.29) is 0 Å². The molecule has 0 aliphatic heterocycles. The van der Waals surface area contributed by atoms with E-state index in [9.17, 15) is 0 Å². The molecule has 1 heterocycles. The molecule has 0 saturated carbocycles. The Bertz CT molecular complexity index is 500. The minimum absolute atomic E-state index is 0.740. The Morgan fingerprint density at radius 3 is 2.60 bits per heavy atom. The van der Waals surface area contributed by atoms with Gasteiger partial charge in [0.2, 0.25) is 7.85 Å². The molecule has 0 saturated heterocycles. The molecule has 3 heteroatoms. The van der Waals surface area contributed by atoms with Crippen LogP contribution >= 0.6 is 0 Å². The maximum absolute atomic E-state index is 5.98. The first-order chi connectivity index (χ1) is 7.09. The summed E-state index contributed by atoms with van der Waals surface area (Å²) in [4.78, 5) is 0. The van der Waals surface area contributed by atoms with Gasteiger partial charge in [-0.05, 0) is 31.0 Å². The number of aromatic nitrogens is 2. The minimum atomic E-state index is 0.740. The van der Waals surface area contributed by atoms with Gasteiger partial charge in [-0.1, -0.05) is 12.1 Å². The Hall–Kier alpha value is -1.51. The van der Waals surface area contributed by atoms with Crippen molar-refractivity contribution in [2.45, 2.75) is 13.8 Å². The molecule has 2 rings (SSSR count). The van der Waals surface area contributed by atoms with Gasteiger partial charge in [-0.15, -0.1) is 0 Å². The fourth-order valence-corrected chi connectivity index (χ4v) is 1.67. The molecule has 2 radical (unpaired) electrons. The second-order valence-electron chi connectivity index (χ2n) is 3.93. The molecular formula is C12H14BN2+. The summed E-state index contributed by atoms with van der Waals surface area (Å²) in [6.07, 6.45) is 3.94. The second-order valence-corrected chi connectivity index (χ2v) is 3.93. The van der Waals surface area contributed by atoms with Crippen LogP contribution in [0.2, 0.25) is 0 Å². The number of rotatable bonds is 1. The third kappa shape index (κ3) is 1.69. The van der Waals surface area contributed by atoms with Crippen molar-refractivity contribution in [3.05, 3.63) is 41.7 Å². The van der Waals surface area contributed by atoms with E-state index in [0.29, 0.717) is 0 Å². The molecule has 0 atom stereocenters. The highest BCUT2D eigenvalue weighted by molar-refractivity contribution is 6.28. The van der Waals surface area contributed by atoms with E-state index in [2.05, 4.69) is 32.0 Å². The normalized spacial score (nSPS) is 10.6. The molecule has 0 N–H and O–H groups in total. The Kier molecular flexibility index (Phi) is 2.39. The molecule has 0 unspecified atom stereocenters. The largest absolute Gasteiger partial charge is 0.248 e. The molecule has 2 nitrogen and oxygen atoms in total. The van der Waals surface area contributed by atoms with Gasteiger partial charge in [0.25, 0.3) is 0 Å². The van der Waals surface area contributed by atoms with Crippen LogP contribution in [0.3, 0.4) is 0 Å². The minimum Gasteiger partial charge on any atom is -0.248 e. The molecule has 1 aromatic heterocycles. The average Bonchev–Trinajstić information content (AvgIpc) is 2.52. The molecule has 0 aliphatic rings. The van der Waals surface area contributed by atoms with Crippen molar-refractivity contribution in [3.63, 3.8) is 0 Å². The van der Waals surface area contributed by atoms with Crippen molar-refractivity contribution >= 4 is 13.6 Å². The molecule has 0 bridgehead atoms. The summed E-state index contributed by atoms with van der Waals surface area (Å²) in [6.45, 7) is 4.18. The summed E-state index contributed by atoms with van der Waals surface area (Å²) in [6, 6.07) is 6.37. The summed E-state index contributed by atoms with van der Waals surface area (Å²) in [5.74, 6) is 0. The molecule has 1 aromatic carbocycles. The topological polar surface area (TPSA) is 8.81 Å². The van der Waals surface area contributed by atoms with E-state index >= 15 is 0 Å². The highest BCUT2D eigenvalue weighted by atomic mass is 15.1. The van der Waals surface area contributed by atoms with Crippen LogP contribution in [-0.2, 0) is 7.05 Å². The van der Waals surface area contributed by atoms with E-state index < -0.39 is 0 Å². The Morgan fingerprint density at radius 2 is 2.00 bits per heavy atom. The maximum Gasteiger partial charge on any atom is 0.239 e. The number of aryl methyl sites for hydroxylation is 3. The zero-order valence-electron chi connectivity index (χ0n) is 9.36. The third-order valence-corrected chi connectivity index (χ3v) is 2.67. The van der Waals surface area contributed by atoms with Gasteiger partial charge in [-0.3, -0.25) is 0 Å². The van der Waals surface area contributed by atoms with Crippen LogP contribution in [0.4, 0.5) is 0 Å². The number of nitrogens with zero attached hydrogens (tertiary/aromatic N) is 2. The summed E-state index contributed by atoms with van der Waals surface area (Å²) in [7, 11) is 7.92. The van der Waals surface area contributed by atoms with Crippen LogP contribution in [0.5, 0.6) is 0 Å². The van der Waals surface area contributed by atoms with Crippen LogP contribution in [-0.4, -0.2) is 12.4 Å². The highest BCUT2D eigenvalue weighted by Crippen LogP contribution is 2.13. The Balaban J connectivity index is 2.63. The summed E-state index contributed by atoms with van der Waals surface area (Å²) in [5, 5.41) is 0. The van der Waals surface area contributed by atoms with E-state index in [0.717, 1.165) is 11.4 Å². The number of imidazole rings is 1. The van der Waals surface area contributed by atoms with E-state index in [1.807, 2.05) is 28.6 Å². The molecular weight excluding hydrogens is 183 g/mol. The lowest BCUT2D eigenvalue weighted by Gasteiger charge is -2.04. The number of hydrogen-bond donors (Lipinski definition) is 0. The smallest absolute Gasteiger partial charge is 0.239 e. The standard InChI is InChI=1S/C12H14BN2/c1-9-4-5-10(2)11(8-9)15-7-6-14(3)12(15)13/h4-8H,1-3H3/q+1. The molecule has 15 heavy (non-hydrogen) atoms. The van der Waals surface area contributed by atoms with Gasteiger partial charge in [0.1, 0.15) is 18.1 Å². The van der Waals surface area contributed by atoms with Crippen LogP contribution in [0.15, 0.2) is 30.6 Å². The van der Waals surface area contributed by atoms with Gasteiger partial charge >= 0.3 is 0 Å². The molecule has 0 fully saturated rings. The van der Waals surface area contributed by atoms with Gasteiger partial charge in [0.05, 0.1) is 7.05 Å². The summed E-state index contributed by atoms with van der Waals surface area (Å²) < 4.78 is 3.91. The predicted octanol–water partition coefficient (Wildman–Crippen LogP) is 0.712. The molecule has 74 valence electrons. The summed E-state index contributed by atoms with van der Waals surface area (Å²) >= 11 is 0. The molecule has 2 aromatic rings. The fraction of sp³-hybridized carbons (Fsp3) is 0.250. The fourth-order valence-electron chi connectivity index (χ4n) is 1.67. The van der Waals surface area contributed by atoms with Gasteiger partial charge in [-0.2, -0.15) is 0 Å². The summed E-state index contributed by atoms with van der Waals surface area (Å²) in [5.41, 5.74) is 4.35. The maximum atomic E-state index is 5.98. The van der Waals surface area contributed by atoms with Gasteiger partial charge in [0, 0.05) is 0 Å². The lowest BCUT2D eigenvalue weighted by molar-refractivity contribution is -0.652. The Labute approximate surface area is 91.6 Å². The second kappa shape index (κ2) is 3.57.